The van der Waals surface area contributed by atoms with Crippen molar-refractivity contribution < 1.29 is 19.7 Å². The fourth-order valence-electron chi connectivity index (χ4n) is 3.57. The van der Waals surface area contributed by atoms with Gasteiger partial charge in [-0.3, -0.25) is 0 Å². The second-order valence-corrected chi connectivity index (χ2v) is 5.68. The molecule has 2 aliphatic carbocycles. The molecule has 3 atom stereocenters. The Kier molecular flexibility index (Phi) is 2.69. The van der Waals surface area contributed by atoms with Gasteiger partial charge in [-0.05, 0) is 49.7 Å². The van der Waals surface area contributed by atoms with E-state index in [1.807, 2.05) is 0 Å². The lowest BCUT2D eigenvalue weighted by Crippen LogP contribution is -2.29. The van der Waals surface area contributed by atoms with E-state index in [9.17, 15) is 15.0 Å². The molecule has 1 heterocycles. The molecule has 4 heteroatoms. The zero-order valence-electron chi connectivity index (χ0n) is 11.0. The van der Waals surface area contributed by atoms with Crippen LogP contribution in [-0.2, 0) is 9.53 Å². The second-order valence-electron chi connectivity index (χ2n) is 5.68. The lowest BCUT2D eigenvalue weighted by molar-refractivity contribution is -0.167. The molecule has 0 aromatic carbocycles. The summed E-state index contributed by atoms with van der Waals surface area (Å²) in [5, 5.41) is 20.1. The van der Waals surface area contributed by atoms with E-state index in [1.165, 1.54) is 6.08 Å². The van der Waals surface area contributed by atoms with Crippen LogP contribution in [-0.4, -0.2) is 28.6 Å². The van der Waals surface area contributed by atoms with Gasteiger partial charge in [-0.15, -0.1) is 0 Å². The van der Waals surface area contributed by atoms with E-state index < -0.39 is 11.8 Å². The minimum atomic E-state index is -1.66. The number of carbonyl (C=O) groups is 1. The summed E-state index contributed by atoms with van der Waals surface area (Å²) in [4.78, 5) is 11.7. The maximum Gasteiger partial charge on any atom is 0.336 e. The van der Waals surface area contributed by atoms with Crippen LogP contribution in [0.3, 0.4) is 0 Å². The molecule has 3 unspecified atom stereocenters. The van der Waals surface area contributed by atoms with Crippen molar-refractivity contribution in [3.8, 4) is 0 Å². The normalized spacial score (nSPS) is 37.7. The zero-order valence-corrected chi connectivity index (χ0v) is 11.0. The lowest BCUT2D eigenvalue weighted by atomic mass is 9.85. The van der Waals surface area contributed by atoms with Gasteiger partial charge in [0.1, 0.15) is 0 Å². The van der Waals surface area contributed by atoms with E-state index >= 15 is 0 Å². The largest absolute Gasteiger partial charge is 0.422 e. The van der Waals surface area contributed by atoms with Crippen molar-refractivity contribution in [1.29, 1.82) is 0 Å². The average Bonchev–Trinajstić information content (AvgIpc) is 2.77. The van der Waals surface area contributed by atoms with Crippen LogP contribution in [0.25, 0.3) is 0 Å². The van der Waals surface area contributed by atoms with Crippen molar-refractivity contribution in [3.63, 3.8) is 0 Å². The van der Waals surface area contributed by atoms with Crippen LogP contribution in [0.15, 0.2) is 34.9 Å². The molecule has 0 radical (unpaired) electrons. The highest BCUT2D eigenvalue weighted by molar-refractivity contribution is 5.92. The van der Waals surface area contributed by atoms with Gasteiger partial charge in [0.2, 0.25) is 0 Å². The third kappa shape index (κ3) is 1.70. The molecule has 1 aliphatic heterocycles. The first-order chi connectivity index (χ1) is 8.96. The van der Waals surface area contributed by atoms with E-state index in [1.54, 1.807) is 6.92 Å². The summed E-state index contributed by atoms with van der Waals surface area (Å²) in [5.74, 6) is -1.75. The van der Waals surface area contributed by atoms with E-state index in [-0.39, 0.29) is 18.4 Å². The smallest absolute Gasteiger partial charge is 0.336 e. The minimum absolute atomic E-state index is 0.124. The standard InChI is InChI=1S/C15H18O4/c1-8-3-4-11-10(7-16)6-15(18)13(5-12(8)11)9(2)14(17)19-15/h6,11-12,16,18H,1,3-5,7H2,2H3. The van der Waals surface area contributed by atoms with Crippen LogP contribution in [0.1, 0.15) is 26.2 Å². The Morgan fingerprint density at radius 3 is 2.95 bits per heavy atom. The molecule has 0 saturated heterocycles. The van der Waals surface area contributed by atoms with Crippen molar-refractivity contribution in [1.82, 2.24) is 0 Å². The predicted octanol–water partition coefficient (Wildman–Crippen LogP) is 1.45. The molecule has 4 nitrogen and oxygen atoms in total. The third-order valence-electron chi connectivity index (χ3n) is 4.69. The summed E-state index contributed by atoms with van der Waals surface area (Å²) < 4.78 is 5.10. The Balaban J connectivity index is 2.13. The summed E-state index contributed by atoms with van der Waals surface area (Å²) in [6, 6.07) is 0. The van der Waals surface area contributed by atoms with Gasteiger partial charge in [0, 0.05) is 11.1 Å². The molecule has 0 amide bonds. The maximum atomic E-state index is 11.7. The fourth-order valence-corrected chi connectivity index (χ4v) is 3.57. The maximum absolute atomic E-state index is 11.7. The molecule has 19 heavy (non-hydrogen) atoms. The Bertz CT molecular complexity index is 528. The van der Waals surface area contributed by atoms with Crippen LogP contribution in [0.4, 0.5) is 0 Å². The first kappa shape index (κ1) is 12.6. The SMILES string of the molecule is C=C1CCC2C(CO)=CC3(O)OC(=O)C(C)=C3CC12. The summed E-state index contributed by atoms with van der Waals surface area (Å²) in [6.45, 7) is 5.65. The number of carbonyl (C=O) groups excluding carboxylic acids is 1. The van der Waals surface area contributed by atoms with E-state index in [0.29, 0.717) is 17.6 Å². The highest BCUT2D eigenvalue weighted by Crippen LogP contribution is 2.50. The topological polar surface area (TPSA) is 66.8 Å². The molecule has 1 saturated carbocycles. The quantitative estimate of drug-likeness (QED) is 0.554. The van der Waals surface area contributed by atoms with Crippen molar-refractivity contribution in [3.05, 3.63) is 34.9 Å². The van der Waals surface area contributed by atoms with Crippen molar-refractivity contribution in [2.75, 3.05) is 6.61 Å². The van der Waals surface area contributed by atoms with Gasteiger partial charge in [-0.2, -0.15) is 0 Å². The Morgan fingerprint density at radius 1 is 1.53 bits per heavy atom. The highest BCUT2D eigenvalue weighted by atomic mass is 16.7. The van der Waals surface area contributed by atoms with Gasteiger partial charge in [0.05, 0.1) is 6.61 Å². The molecular formula is C15H18O4. The van der Waals surface area contributed by atoms with Gasteiger partial charge in [-0.25, -0.2) is 4.79 Å². The molecule has 0 aromatic rings. The van der Waals surface area contributed by atoms with Crippen LogP contribution >= 0.6 is 0 Å². The molecule has 0 bridgehead atoms. The van der Waals surface area contributed by atoms with Crippen LogP contribution < -0.4 is 0 Å². The number of aliphatic hydroxyl groups is 2. The number of esters is 1. The summed E-state index contributed by atoms with van der Waals surface area (Å²) in [5.41, 5.74) is 2.99. The minimum Gasteiger partial charge on any atom is -0.422 e. The first-order valence-electron chi connectivity index (χ1n) is 6.62. The first-order valence-corrected chi connectivity index (χ1v) is 6.62. The Hall–Kier alpha value is -1.39. The number of rotatable bonds is 1. The second kappa shape index (κ2) is 4.05. The van der Waals surface area contributed by atoms with Gasteiger partial charge in [-0.1, -0.05) is 12.2 Å². The molecule has 1 fully saturated rings. The van der Waals surface area contributed by atoms with E-state index in [4.69, 9.17) is 4.74 Å². The molecule has 3 rings (SSSR count). The number of hydrogen-bond donors (Lipinski definition) is 2. The fraction of sp³-hybridized carbons (Fsp3) is 0.533. The monoisotopic (exact) mass is 262 g/mol. The van der Waals surface area contributed by atoms with Gasteiger partial charge in [0.15, 0.2) is 0 Å². The van der Waals surface area contributed by atoms with Crippen molar-refractivity contribution in [2.45, 2.75) is 32.0 Å². The average molecular weight is 262 g/mol. The molecule has 0 aromatic heterocycles. The summed E-state index contributed by atoms with van der Waals surface area (Å²) >= 11 is 0. The number of hydrogen-bond acceptors (Lipinski definition) is 4. The molecular weight excluding hydrogens is 244 g/mol. The van der Waals surface area contributed by atoms with E-state index in [2.05, 4.69) is 6.58 Å². The highest BCUT2D eigenvalue weighted by Gasteiger charge is 2.49. The van der Waals surface area contributed by atoms with Crippen molar-refractivity contribution >= 4 is 5.97 Å². The van der Waals surface area contributed by atoms with Gasteiger partial charge < -0.3 is 14.9 Å². The molecule has 3 aliphatic rings. The van der Waals surface area contributed by atoms with Gasteiger partial charge >= 0.3 is 5.97 Å². The molecule has 2 N–H and O–H groups in total. The lowest BCUT2D eigenvalue weighted by Gasteiger charge is -2.21. The van der Waals surface area contributed by atoms with Crippen LogP contribution in [0.5, 0.6) is 0 Å². The van der Waals surface area contributed by atoms with Crippen LogP contribution in [0, 0.1) is 11.8 Å². The number of fused-ring (bicyclic) bond motifs is 2. The molecule has 102 valence electrons. The number of aliphatic hydroxyl groups excluding tert-OH is 1. The Morgan fingerprint density at radius 2 is 2.26 bits per heavy atom. The number of ether oxygens (including phenoxy) is 1. The van der Waals surface area contributed by atoms with Crippen molar-refractivity contribution in [2.24, 2.45) is 11.8 Å². The predicted molar refractivity (Wildman–Crippen MR) is 68.9 cm³/mol. The third-order valence-corrected chi connectivity index (χ3v) is 4.69. The number of allylic oxidation sites excluding steroid dienone is 1. The summed E-state index contributed by atoms with van der Waals surface area (Å²) in [7, 11) is 0. The summed E-state index contributed by atoms with van der Waals surface area (Å²) in [6.07, 6.45) is 3.98. The van der Waals surface area contributed by atoms with Crippen LogP contribution in [0.2, 0.25) is 0 Å². The van der Waals surface area contributed by atoms with E-state index in [0.717, 1.165) is 24.0 Å². The molecule has 0 spiro atoms. The Labute approximate surface area is 112 Å². The zero-order chi connectivity index (χ0) is 13.8. The van der Waals surface area contributed by atoms with Gasteiger partial charge in [0.25, 0.3) is 5.79 Å².